The van der Waals surface area contributed by atoms with Gasteiger partial charge >= 0.3 is 5.97 Å². The van der Waals surface area contributed by atoms with Gasteiger partial charge in [0.2, 0.25) is 0 Å². The lowest BCUT2D eigenvalue weighted by molar-refractivity contribution is -0.149. The molecule has 1 saturated carbocycles. The third-order valence-electron chi connectivity index (χ3n) is 2.82. The van der Waals surface area contributed by atoms with Gasteiger partial charge in [0, 0.05) is 0 Å². The minimum atomic E-state index is -0.870. The second kappa shape index (κ2) is 4.43. The van der Waals surface area contributed by atoms with Crippen molar-refractivity contribution in [3.8, 4) is 0 Å². The average molecular weight is 240 g/mol. The van der Waals surface area contributed by atoms with Crippen molar-refractivity contribution in [2.75, 3.05) is 0 Å². The highest BCUT2D eigenvalue weighted by Gasteiger charge is 2.45. The minimum Gasteiger partial charge on any atom is -0.463 e. The van der Waals surface area contributed by atoms with Crippen LogP contribution in [0.3, 0.4) is 0 Å². The molecule has 2 atom stereocenters. The summed E-state index contributed by atoms with van der Waals surface area (Å²) >= 11 is 0. The lowest BCUT2D eigenvalue weighted by atomic mass is 10.1. The van der Waals surface area contributed by atoms with Crippen LogP contribution >= 0.6 is 0 Å². The molecule has 0 bridgehead atoms. The first-order valence-electron chi connectivity index (χ1n) is 5.64. The first kappa shape index (κ1) is 12.0. The van der Waals surface area contributed by atoms with Crippen molar-refractivity contribution in [3.63, 3.8) is 0 Å². The van der Waals surface area contributed by atoms with Crippen LogP contribution in [0.5, 0.6) is 0 Å². The second-order valence-electron chi connectivity index (χ2n) is 4.61. The molecule has 4 heteroatoms. The number of carbonyl (C=O) groups is 1. The van der Waals surface area contributed by atoms with Crippen LogP contribution in [0.25, 0.3) is 0 Å². The fourth-order valence-electron chi connectivity index (χ4n) is 1.89. The summed E-state index contributed by atoms with van der Waals surface area (Å²) in [5, 5.41) is 0. The molecule has 2 rings (SSSR count). The van der Waals surface area contributed by atoms with Crippen LogP contribution in [0.2, 0.25) is 0 Å². The molecule has 2 nitrogen and oxygen atoms in total. The number of benzene rings is 1. The average Bonchev–Trinajstić information content (AvgIpc) is 3.01. The van der Waals surface area contributed by atoms with Gasteiger partial charge in [0.25, 0.3) is 0 Å². The van der Waals surface area contributed by atoms with Gasteiger partial charge in [-0.2, -0.15) is 0 Å². The summed E-state index contributed by atoms with van der Waals surface area (Å²) in [4.78, 5) is 11.6. The predicted octanol–water partition coefficient (Wildman–Crippen LogP) is 3.02. The maximum atomic E-state index is 13.0. The van der Waals surface area contributed by atoms with Gasteiger partial charge in [-0.1, -0.05) is 6.07 Å². The van der Waals surface area contributed by atoms with Crippen LogP contribution in [-0.4, -0.2) is 12.1 Å². The molecule has 1 aromatic rings. The Hall–Kier alpha value is -1.45. The number of esters is 1. The summed E-state index contributed by atoms with van der Waals surface area (Å²) in [6.45, 7) is 3.57. The van der Waals surface area contributed by atoms with E-state index < -0.39 is 11.6 Å². The quantitative estimate of drug-likeness (QED) is 0.759. The van der Waals surface area contributed by atoms with Crippen molar-refractivity contribution < 1.29 is 18.3 Å². The maximum Gasteiger partial charge on any atom is 0.309 e. The van der Waals surface area contributed by atoms with Crippen LogP contribution in [0.15, 0.2) is 18.2 Å². The van der Waals surface area contributed by atoms with Crippen molar-refractivity contribution in [2.45, 2.75) is 32.3 Å². The largest absolute Gasteiger partial charge is 0.463 e. The summed E-state index contributed by atoms with van der Waals surface area (Å²) in [6, 6.07) is 3.77. The molecule has 0 aromatic heterocycles. The van der Waals surface area contributed by atoms with E-state index >= 15 is 0 Å². The van der Waals surface area contributed by atoms with E-state index in [-0.39, 0.29) is 23.9 Å². The zero-order valence-corrected chi connectivity index (χ0v) is 9.74. The highest BCUT2D eigenvalue weighted by Crippen LogP contribution is 2.48. The van der Waals surface area contributed by atoms with Gasteiger partial charge < -0.3 is 4.74 Å². The topological polar surface area (TPSA) is 26.3 Å². The number of halogens is 2. The molecule has 0 amide bonds. The number of hydrogen-bond donors (Lipinski definition) is 0. The number of hydrogen-bond acceptors (Lipinski definition) is 2. The number of rotatable bonds is 3. The van der Waals surface area contributed by atoms with Gasteiger partial charge in [0.05, 0.1) is 12.0 Å². The summed E-state index contributed by atoms with van der Waals surface area (Å²) in [5.41, 5.74) is 0.662. The van der Waals surface area contributed by atoms with Crippen molar-refractivity contribution in [1.29, 1.82) is 0 Å². The summed E-state index contributed by atoms with van der Waals surface area (Å²) in [7, 11) is 0. The van der Waals surface area contributed by atoms with E-state index in [1.807, 2.05) is 0 Å². The first-order chi connectivity index (χ1) is 7.99. The minimum absolute atomic E-state index is 0.0312. The van der Waals surface area contributed by atoms with Crippen LogP contribution in [0.4, 0.5) is 8.78 Å². The molecule has 0 radical (unpaired) electrons. The van der Waals surface area contributed by atoms with Crippen LogP contribution in [0, 0.1) is 17.6 Å². The highest BCUT2D eigenvalue weighted by atomic mass is 19.2. The van der Waals surface area contributed by atoms with E-state index in [4.69, 9.17) is 4.74 Å². The Kier molecular flexibility index (Phi) is 3.13. The normalized spacial score (nSPS) is 22.6. The monoisotopic (exact) mass is 240 g/mol. The Balaban J connectivity index is 2.02. The number of carbonyl (C=O) groups excluding carboxylic acids is 1. The van der Waals surface area contributed by atoms with Gasteiger partial charge in [-0.25, -0.2) is 8.78 Å². The fraction of sp³-hybridized carbons (Fsp3) is 0.462. The molecule has 92 valence electrons. The molecule has 17 heavy (non-hydrogen) atoms. The molecule has 1 aliphatic rings. The maximum absolute atomic E-state index is 13.0. The second-order valence-corrected chi connectivity index (χ2v) is 4.61. The third kappa shape index (κ3) is 2.62. The molecule has 1 fully saturated rings. The van der Waals surface area contributed by atoms with E-state index in [2.05, 4.69) is 0 Å². The Morgan fingerprint density at radius 3 is 2.65 bits per heavy atom. The van der Waals surface area contributed by atoms with Crippen molar-refractivity contribution >= 4 is 5.97 Å². The van der Waals surface area contributed by atoms with Gasteiger partial charge in [0.15, 0.2) is 11.6 Å². The molecule has 0 aliphatic heterocycles. The zero-order chi connectivity index (χ0) is 12.6. The fourth-order valence-corrected chi connectivity index (χ4v) is 1.89. The smallest absolute Gasteiger partial charge is 0.309 e. The van der Waals surface area contributed by atoms with Crippen LogP contribution in [0.1, 0.15) is 31.7 Å². The van der Waals surface area contributed by atoms with Crippen molar-refractivity contribution in [1.82, 2.24) is 0 Å². The molecule has 0 heterocycles. The predicted molar refractivity (Wildman–Crippen MR) is 58.4 cm³/mol. The van der Waals surface area contributed by atoms with Gasteiger partial charge in [-0.05, 0) is 43.9 Å². The summed E-state index contributed by atoms with van der Waals surface area (Å²) in [5.74, 6) is -2.23. The molecule has 1 unspecified atom stereocenters. The van der Waals surface area contributed by atoms with Crippen molar-refractivity contribution in [3.05, 3.63) is 35.4 Å². The zero-order valence-electron chi connectivity index (χ0n) is 9.74. The van der Waals surface area contributed by atoms with Crippen LogP contribution < -0.4 is 0 Å². The first-order valence-corrected chi connectivity index (χ1v) is 5.64. The van der Waals surface area contributed by atoms with E-state index in [0.717, 1.165) is 12.1 Å². The van der Waals surface area contributed by atoms with E-state index in [1.165, 1.54) is 6.07 Å². The molecular formula is C13H14F2O2. The molecule has 0 spiro atoms. The summed E-state index contributed by atoms with van der Waals surface area (Å²) in [6.07, 6.45) is 0.505. The van der Waals surface area contributed by atoms with Gasteiger partial charge in [-0.3, -0.25) is 4.79 Å². The van der Waals surface area contributed by atoms with Crippen molar-refractivity contribution in [2.24, 2.45) is 5.92 Å². The lowest BCUT2D eigenvalue weighted by Gasteiger charge is -2.07. The summed E-state index contributed by atoms with van der Waals surface area (Å²) < 4.78 is 30.8. The van der Waals surface area contributed by atoms with Crippen LogP contribution in [-0.2, 0) is 9.53 Å². The molecule has 0 saturated heterocycles. The molecule has 1 aromatic carbocycles. The Bertz CT molecular complexity index is 443. The SMILES string of the molecule is CC(C)OC(=O)[C@@H]1CC1c1ccc(F)c(F)c1. The Morgan fingerprint density at radius 1 is 1.35 bits per heavy atom. The molecular weight excluding hydrogens is 226 g/mol. The Labute approximate surface area is 98.6 Å². The van der Waals surface area contributed by atoms with E-state index in [0.29, 0.717) is 12.0 Å². The molecule has 0 N–H and O–H groups in total. The Morgan fingerprint density at radius 2 is 2.06 bits per heavy atom. The third-order valence-corrected chi connectivity index (χ3v) is 2.82. The van der Waals surface area contributed by atoms with Gasteiger partial charge in [-0.15, -0.1) is 0 Å². The molecule has 1 aliphatic carbocycles. The lowest BCUT2D eigenvalue weighted by Crippen LogP contribution is -2.13. The standard InChI is InChI=1S/C13H14F2O2/c1-7(2)17-13(16)10-6-9(10)8-3-4-11(14)12(15)5-8/h3-5,7,9-10H,6H2,1-2H3/t9?,10-/m1/s1. The van der Waals surface area contributed by atoms with Gasteiger partial charge in [0.1, 0.15) is 0 Å². The van der Waals surface area contributed by atoms with E-state index in [1.54, 1.807) is 13.8 Å². The number of ether oxygens (including phenoxy) is 1. The highest BCUT2D eigenvalue weighted by molar-refractivity contribution is 5.77. The van der Waals surface area contributed by atoms with E-state index in [9.17, 15) is 13.6 Å².